The van der Waals surface area contributed by atoms with Crippen LogP contribution in [0.4, 0.5) is 23.7 Å². The first-order valence-corrected chi connectivity index (χ1v) is 9.97. The molecule has 1 unspecified atom stereocenters. The Labute approximate surface area is 179 Å². The average molecular weight is 446 g/mol. The van der Waals surface area contributed by atoms with E-state index in [2.05, 4.69) is 15.4 Å². The van der Waals surface area contributed by atoms with Gasteiger partial charge in [0.25, 0.3) is 0 Å². The number of hydrogen-bond donors (Lipinski definition) is 2. The van der Waals surface area contributed by atoms with Crippen molar-refractivity contribution in [1.29, 1.82) is 0 Å². The van der Waals surface area contributed by atoms with Crippen LogP contribution in [-0.4, -0.2) is 49.6 Å². The number of halogens is 3. The molecule has 1 saturated heterocycles. The summed E-state index contributed by atoms with van der Waals surface area (Å²) in [6, 6.07) is 2.34. The minimum atomic E-state index is -4.59. The molecule has 0 aromatic heterocycles. The molecule has 2 rings (SSSR count). The van der Waals surface area contributed by atoms with Crippen LogP contribution < -0.4 is 10.6 Å². The van der Waals surface area contributed by atoms with Crippen molar-refractivity contribution < 1.29 is 37.0 Å². The summed E-state index contributed by atoms with van der Waals surface area (Å²) in [6.45, 7) is 7.20. The maximum atomic E-state index is 13.4. The number of ether oxygens (including phenoxy) is 3. The molecule has 0 aliphatic carbocycles. The zero-order valence-corrected chi connectivity index (χ0v) is 18.3. The highest BCUT2D eigenvalue weighted by molar-refractivity contribution is 5.90. The van der Waals surface area contributed by atoms with Gasteiger partial charge < -0.3 is 24.8 Å². The second-order valence-corrected chi connectivity index (χ2v) is 8.48. The molecule has 0 bridgehead atoms. The predicted octanol–water partition coefficient (Wildman–Crippen LogP) is 4.36. The number of rotatable bonds is 5. The maximum Gasteiger partial charge on any atom is 0.418 e. The van der Waals surface area contributed by atoms with Crippen molar-refractivity contribution in [2.45, 2.75) is 70.5 Å². The van der Waals surface area contributed by atoms with Crippen molar-refractivity contribution in [3.63, 3.8) is 0 Å². The summed E-state index contributed by atoms with van der Waals surface area (Å²) in [5, 5.41) is 5.56. The summed E-state index contributed by atoms with van der Waals surface area (Å²) in [4.78, 5) is 23.6. The van der Waals surface area contributed by atoms with Gasteiger partial charge in [0.15, 0.2) is 0 Å². The van der Waals surface area contributed by atoms with Gasteiger partial charge in [0, 0.05) is 11.7 Å². The molecule has 1 aromatic carbocycles. The smallest absolute Gasteiger partial charge is 0.418 e. The first kappa shape index (κ1) is 24.8. The van der Waals surface area contributed by atoms with Gasteiger partial charge in [-0.3, -0.25) is 0 Å². The standard InChI is InChI=1S/C21H29F3N2O5/c1-12(17-9-7-14(11-30-17)26-19(28)31-20(2,3)4)25-16-10-13(18(27)29-5)6-8-15(16)21(22,23)24/h6,8,10,12,14,17,25H,7,9,11H2,1-5H3,(H,26,28)/t12?,14-,17+/m1/s1. The molecule has 1 amide bonds. The zero-order chi connectivity index (χ0) is 23.4. The number of carbonyl (C=O) groups is 2. The van der Waals surface area contributed by atoms with Gasteiger partial charge in [-0.05, 0) is 58.7 Å². The van der Waals surface area contributed by atoms with Crippen LogP contribution in [-0.2, 0) is 20.4 Å². The Morgan fingerprint density at radius 2 is 1.87 bits per heavy atom. The zero-order valence-electron chi connectivity index (χ0n) is 18.3. The van der Waals surface area contributed by atoms with Crippen molar-refractivity contribution >= 4 is 17.7 Å². The molecular weight excluding hydrogens is 417 g/mol. The van der Waals surface area contributed by atoms with Crippen LogP contribution in [0.2, 0.25) is 0 Å². The Morgan fingerprint density at radius 3 is 2.39 bits per heavy atom. The Bertz CT molecular complexity index is 784. The third-order valence-corrected chi connectivity index (χ3v) is 4.72. The number of methoxy groups -OCH3 is 1. The van der Waals surface area contributed by atoms with Crippen LogP contribution >= 0.6 is 0 Å². The normalized spacial score (nSPS) is 20.5. The van der Waals surface area contributed by atoms with Gasteiger partial charge in [0.2, 0.25) is 0 Å². The maximum absolute atomic E-state index is 13.4. The van der Waals surface area contributed by atoms with E-state index in [1.807, 2.05) is 0 Å². The van der Waals surface area contributed by atoms with Crippen molar-refractivity contribution in [2.75, 3.05) is 19.0 Å². The van der Waals surface area contributed by atoms with Gasteiger partial charge in [0.05, 0.1) is 37.0 Å². The fourth-order valence-corrected chi connectivity index (χ4v) is 3.25. The van der Waals surface area contributed by atoms with E-state index in [4.69, 9.17) is 9.47 Å². The molecule has 1 heterocycles. The summed E-state index contributed by atoms with van der Waals surface area (Å²) in [7, 11) is 1.16. The van der Waals surface area contributed by atoms with E-state index in [0.717, 1.165) is 25.3 Å². The quantitative estimate of drug-likeness (QED) is 0.654. The van der Waals surface area contributed by atoms with Gasteiger partial charge in [-0.25, -0.2) is 9.59 Å². The number of esters is 1. The Hall–Kier alpha value is -2.49. The summed E-state index contributed by atoms with van der Waals surface area (Å²) in [5.41, 5.74) is -1.71. The Morgan fingerprint density at radius 1 is 1.19 bits per heavy atom. The second kappa shape index (κ2) is 9.76. The number of benzene rings is 1. The van der Waals surface area contributed by atoms with E-state index in [1.165, 1.54) is 0 Å². The number of alkyl carbamates (subject to hydrolysis) is 1. The van der Waals surface area contributed by atoms with E-state index in [-0.39, 0.29) is 30.0 Å². The van der Waals surface area contributed by atoms with Gasteiger partial charge in [0.1, 0.15) is 5.60 Å². The highest BCUT2D eigenvalue weighted by Crippen LogP contribution is 2.36. The molecule has 10 heteroatoms. The van der Waals surface area contributed by atoms with Crippen LogP contribution in [0.1, 0.15) is 56.5 Å². The van der Waals surface area contributed by atoms with Crippen molar-refractivity contribution in [3.05, 3.63) is 29.3 Å². The van der Waals surface area contributed by atoms with E-state index < -0.39 is 35.4 Å². The van der Waals surface area contributed by atoms with Crippen molar-refractivity contribution in [3.8, 4) is 0 Å². The van der Waals surface area contributed by atoms with Gasteiger partial charge in [-0.1, -0.05) is 0 Å². The fourth-order valence-electron chi connectivity index (χ4n) is 3.25. The topological polar surface area (TPSA) is 85.9 Å². The molecule has 0 spiro atoms. The van der Waals surface area contributed by atoms with Crippen LogP contribution in [0.15, 0.2) is 18.2 Å². The molecule has 0 radical (unpaired) electrons. The molecule has 7 nitrogen and oxygen atoms in total. The number of anilines is 1. The molecule has 1 aliphatic rings. The Balaban J connectivity index is 2.02. The van der Waals surface area contributed by atoms with Crippen LogP contribution in [0.25, 0.3) is 0 Å². The molecule has 3 atom stereocenters. The first-order valence-electron chi connectivity index (χ1n) is 9.97. The number of hydrogen-bond acceptors (Lipinski definition) is 6. The molecule has 1 aliphatic heterocycles. The summed E-state index contributed by atoms with van der Waals surface area (Å²) in [6.07, 6.45) is -4.40. The second-order valence-electron chi connectivity index (χ2n) is 8.48. The largest absolute Gasteiger partial charge is 0.465 e. The Kier molecular flexibility index (Phi) is 7.80. The third-order valence-electron chi connectivity index (χ3n) is 4.72. The fraction of sp³-hybridized carbons (Fsp3) is 0.619. The summed E-state index contributed by atoms with van der Waals surface area (Å²) >= 11 is 0. The van der Waals surface area contributed by atoms with Crippen molar-refractivity contribution in [1.82, 2.24) is 5.32 Å². The molecule has 1 aromatic rings. The van der Waals surface area contributed by atoms with Crippen LogP contribution in [0.5, 0.6) is 0 Å². The highest BCUT2D eigenvalue weighted by atomic mass is 19.4. The minimum absolute atomic E-state index is 0.0105. The van der Waals surface area contributed by atoms with E-state index >= 15 is 0 Å². The molecule has 0 saturated carbocycles. The monoisotopic (exact) mass is 446 g/mol. The molecular formula is C21H29F3N2O5. The molecule has 174 valence electrons. The highest BCUT2D eigenvalue weighted by Gasteiger charge is 2.35. The average Bonchev–Trinajstić information content (AvgIpc) is 2.65. The molecule has 31 heavy (non-hydrogen) atoms. The summed E-state index contributed by atoms with van der Waals surface area (Å²) < 4.78 is 55.8. The number of carbonyl (C=O) groups excluding carboxylic acids is 2. The van der Waals surface area contributed by atoms with Crippen LogP contribution in [0, 0.1) is 0 Å². The molecule has 2 N–H and O–H groups in total. The minimum Gasteiger partial charge on any atom is -0.465 e. The number of nitrogens with one attached hydrogen (secondary N) is 2. The first-order chi connectivity index (χ1) is 14.3. The lowest BCUT2D eigenvalue weighted by atomic mass is 9.99. The lowest BCUT2D eigenvalue weighted by Gasteiger charge is -2.34. The third kappa shape index (κ3) is 7.30. The predicted molar refractivity (Wildman–Crippen MR) is 108 cm³/mol. The van der Waals surface area contributed by atoms with Gasteiger partial charge >= 0.3 is 18.2 Å². The van der Waals surface area contributed by atoms with E-state index in [9.17, 15) is 22.8 Å². The lowest BCUT2D eigenvalue weighted by molar-refractivity contribution is -0.137. The van der Waals surface area contributed by atoms with Crippen molar-refractivity contribution in [2.24, 2.45) is 0 Å². The lowest BCUT2D eigenvalue weighted by Crippen LogP contribution is -2.47. The molecule has 1 fully saturated rings. The van der Waals surface area contributed by atoms with Gasteiger partial charge in [-0.2, -0.15) is 13.2 Å². The SMILES string of the molecule is COC(=O)c1ccc(C(F)(F)F)c(NC(C)[C@@H]2CC[C@@H](NC(=O)OC(C)(C)C)CO2)c1. The van der Waals surface area contributed by atoms with Gasteiger partial charge in [-0.15, -0.1) is 0 Å². The van der Waals surface area contributed by atoms with Crippen LogP contribution in [0.3, 0.4) is 0 Å². The summed E-state index contributed by atoms with van der Waals surface area (Å²) in [5.74, 6) is -0.727. The number of amides is 1. The van der Waals surface area contributed by atoms with E-state index in [0.29, 0.717) is 12.8 Å². The number of alkyl halides is 3. The van der Waals surface area contributed by atoms with E-state index in [1.54, 1.807) is 27.7 Å².